The third kappa shape index (κ3) is 10.7. The van der Waals surface area contributed by atoms with Gasteiger partial charge in [0.25, 0.3) is 0 Å². The van der Waals surface area contributed by atoms with E-state index in [4.69, 9.17) is 27.1 Å². The molecule has 2 saturated heterocycles. The van der Waals surface area contributed by atoms with E-state index < -0.39 is 17.2 Å². The molecule has 346 valence electrons. The molecule has 0 spiro atoms. The van der Waals surface area contributed by atoms with Crippen LogP contribution in [0.1, 0.15) is 212 Å². The first-order valence-corrected chi connectivity index (χ1v) is 28.0. The van der Waals surface area contributed by atoms with Gasteiger partial charge in [0.1, 0.15) is 0 Å². The van der Waals surface area contributed by atoms with Crippen molar-refractivity contribution in [3.8, 4) is 0 Å². The van der Waals surface area contributed by atoms with E-state index in [0.29, 0.717) is 47.3 Å². The molecule has 8 rings (SSSR count). The molecule has 0 aromatic carbocycles. The van der Waals surface area contributed by atoms with Gasteiger partial charge in [-0.1, -0.05) is 122 Å². The van der Waals surface area contributed by atoms with E-state index in [9.17, 15) is 0 Å². The summed E-state index contributed by atoms with van der Waals surface area (Å²) in [5.74, 6) is 5.40. The lowest BCUT2D eigenvalue weighted by Gasteiger charge is -2.58. The Balaban J connectivity index is 1.19. The van der Waals surface area contributed by atoms with E-state index >= 15 is 0 Å². The highest BCUT2D eigenvalue weighted by atomic mass is 31.2. The summed E-state index contributed by atoms with van der Waals surface area (Å²) >= 11 is 0. The Morgan fingerprint density at radius 1 is 0.367 bits per heavy atom. The molecule has 2 aliphatic heterocycles. The van der Waals surface area contributed by atoms with Crippen molar-refractivity contribution >= 4 is 17.2 Å². The summed E-state index contributed by atoms with van der Waals surface area (Å²) in [6.07, 6.45) is 26.0. The van der Waals surface area contributed by atoms with Crippen molar-refractivity contribution in [3.05, 3.63) is 0 Å². The standard InChI is InChI=1S/C52H92O6P2/c1-49(2,3)35-29-41(47(43(31-35)51(7,8)9)57-59-53-37-21-17-19-33(27-37)39-23-13-15-25-45(39)55-59)42-30-36(50(4,5)6)32-44(52(10,11)12)48(42)58-60-54-38-22-18-20-34(28-38)40-24-14-16-26-46(40)56-60/h33-48H,13-32H2,1-12H3. The van der Waals surface area contributed by atoms with Crippen LogP contribution in [-0.2, 0) is 27.1 Å². The van der Waals surface area contributed by atoms with Crippen LogP contribution in [0.4, 0.5) is 0 Å². The Labute approximate surface area is 372 Å². The van der Waals surface area contributed by atoms with Crippen LogP contribution in [-0.4, -0.2) is 36.6 Å². The molecular formula is C52H92O6P2. The second-order valence-corrected chi connectivity index (χ2v) is 28.6. The molecule has 4 bridgehead atoms. The van der Waals surface area contributed by atoms with Crippen molar-refractivity contribution in [2.75, 3.05) is 0 Å². The molecule has 8 aliphatic rings. The molecule has 2 heterocycles. The second-order valence-electron chi connectivity index (χ2n) is 26.4. The molecule has 8 fully saturated rings. The third-order valence-corrected chi connectivity index (χ3v) is 21.1. The maximum absolute atomic E-state index is 7.82. The molecule has 18 unspecified atom stereocenters. The molecule has 18 atom stereocenters. The molecule has 0 aromatic heterocycles. The predicted molar refractivity (Wildman–Crippen MR) is 248 cm³/mol. The molecule has 0 aromatic rings. The number of rotatable bonds is 5. The minimum absolute atomic E-state index is 0.0415. The molecule has 6 saturated carbocycles. The average molecular weight is 875 g/mol. The van der Waals surface area contributed by atoms with Gasteiger partial charge in [0.2, 0.25) is 0 Å². The largest absolute Gasteiger partial charge is 0.333 e. The van der Waals surface area contributed by atoms with Gasteiger partial charge in [-0.25, -0.2) is 0 Å². The lowest BCUT2D eigenvalue weighted by atomic mass is 9.52. The van der Waals surface area contributed by atoms with Crippen LogP contribution in [0.2, 0.25) is 0 Å². The van der Waals surface area contributed by atoms with Crippen molar-refractivity contribution < 1.29 is 27.1 Å². The molecular weight excluding hydrogens is 783 g/mol. The molecule has 6 aliphatic carbocycles. The quantitative estimate of drug-likeness (QED) is 0.257. The van der Waals surface area contributed by atoms with E-state index in [0.717, 1.165) is 50.4 Å². The van der Waals surface area contributed by atoms with E-state index in [1.165, 1.54) is 89.9 Å². The van der Waals surface area contributed by atoms with Crippen LogP contribution >= 0.6 is 17.2 Å². The van der Waals surface area contributed by atoms with Gasteiger partial charge in [-0.2, -0.15) is 0 Å². The summed E-state index contributed by atoms with van der Waals surface area (Å²) < 4.78 is 44.6. The average Bonchev–Trinajstić information content (AvgIpc) is 3.16. The van der Waals surface area contributed by atoms with E-state index in [1.807, 2.05) is 0 Å². The third-order valence-electron chi connectivity index (χ3n) is 18.4. The molecule has 8 heteroatoms. The summed E-state index contributed by atoms with van der Waals surface area (Å²) in [5, 5.41) is 0. The number of hydrogen-bond donors (Lipinski definition) is 0. The van der Waals surface area contributed by atoms with Gasteiger partial charge >= 0.3 is 17.2 Å². The molecule has 0 N–H and O–H groups in total. The molecule has 0 amide bonds. The zero-order chi connectivity index (χ0) is 42.8. The van der Waals surface area contributed by atoms with Crippen LogP contribution in [0.25, 0.3) is 0 Å². The first-order chi connectivity index (χ1) is 28.2. The summed E-state index contributed by atoms with van der Waals surface area (Å²) in [5.41, 5.74) is 0.517. The Morgan fingerprint density at radius 3 is 1.12 bits per heavy atom. The highest BCUT2D eigenvalue weighted by molar-refractivity contribution is 7.42. The summed E-state index contributed by atoms with van der Waals surface area (Å²) in [7, 11) is -2.96. The van der Waals surface area contributed by atoms with Crippen LogP contribution < -0.4 is 0 Å². The first-order valence-electron chi connectivity index (χ1n) is 25.8. The van der Waals surface area contributed by atoms with Crippen LogP contribution in [0.5, 0.6) is 0 Å². The Morgan fingerprint density at radius 2 is 0.750 bits per heavy atom. The summed E-state index contributed by atoms with van der Waals surface area (Å²) in [6.45, 7) is 30.0. The summed E-state index contributed by atoms with van der Waals surface area (Å²) in [6, 6.07) is 0. The second kappa shape index (κ2) is 18.7. The van der Waals surface area contributed by atoms with Crippen LogP contribution in [0.3, 0.4) is 0 Å². The zero-order valence-electron chi connectivity index (χ0n) is 40.7. The zero-order valence-corrected chi connectivity index (χ0v) is 42.5. The van der Waals surface area contributed by atoms with Gasteiger partial charge in [0.15, 0.2) is 0 Å². The maximum atomic E-state index is 7.82. The van der Waals surface area contributed by atoms with Gasteiger partial charge in [-0.05, 0) is 171 Å². The Hall–Kier alpha value is 0.620. The van der Waals surface area contributed by atoms with Gasteiger partial charge in [0, 0.05) is 0 Å². The molecule has 0 radical (unpaired) electrons. The van der Waals surface area contributed by atoms with Gasteiger partial charge in [-0.15, -0.1) is 0 Å². The highest BCUT2D eigenvalue weighted by Gasteiger charge is 2.57. The first kappa shape index (κ1) is 47.1. The fourth-order valence-corrected chi connectivity index (χ4v) is 17.7. The monoisotopic (exact) mass is 875 g/mol. The fourth-order valence-electron chi connectivity index (χ4n) is 14.6. The maximum Gasteiger partial charge on any atom is 0.333 e. The van der Waals surface area contributed by atoms with Crippen molar-refractivity contribution in [1.29, 1.82) is 0 Å². The van der Waals surface area contributed by atoms with Crippen LogP contribution in [0, 0.1) is 80.8 Å². The highest BCUT2D eigenvalue weighted by Crippen LogP contribution is 2.64. The SMILES string of the molecule is CC(C)(C)C1CC(C2CC(C(C)(C)C)CC(C(C)(C)C)C2OP2OC3CCCC(C3)C3CCCCC3O2)C(OP2OC3CCCC(C3)C3CCCCC3O2)C(C(C)(C)C)C1. The minimum atomic E-state index is -1.48. The topological polar surface area (TPSA) is 55.4 Å². The summed E-state index contributed by atoms with van der Waals surface area (Å²) in [4.78, 5) is 0. The number of hydrogen-bond acceptors (Lipinski definition) is 6. The normalized spacial score (nSPS) is 46.2. The molecule has 6 nitrogen and oxygen atoms in total. The Kier molecular flexibility index (Phi) is 14.7. The van der Waals surface area contributed by atoms with Gasteiger partial charge in [-0.3, -0.25) is 0 Å². The van der Waals surface area contributed by atoms with Crippen molar-refractivity contribution in [2.45, 2.75) is 248 Å². The lowest BCUT2D eigenvalue weighted by Crippen LogP contribution is -2.55. The minimum Gasteiger partial charge on any atom is -0.309 e. The van der Waals surface area contributed by atoms with Gasteiger partial charge < -0.3 is 27.1 Å². The van der Waals surface area contributed by atoms with Crippen molar-refractivity contribution in [3.63, 3.8) is 0 Å². The fraction of sp³-hybridized carbons (Fsp3) is 1.00. The lowest BCUT2D eigenvalue weighted by molar-refractivity contribution is -0.144. The number of fused-ring (bicyclic) bond motifs is 8. The van der Waals surface area contributed by atoms with E-state index in [-0.39, 0.29) is 58.3 Å². The predicted octanol–water partition coefficient (Wildman–Crippen LogP) is 16.0. The van der Waals surface area contributed by atoms with E-state index in [1.54, 1.807) is 0 Å². The van der Waals surface area contributed by atoms with Gasteiger partial charge in [0.05, 0.1) is 36.6 Å². The van der Waals surface area contributed by atoms with Crippen molar-refractivity contribution in [1.82, 2.24) is 0 Å². The smallest absolute Gasteiger partial charge is 0.309 e. The Bertz CT molecular complexity index is 1290. The van der Waals surface area contributed by atoms with Crippen LogP contribution in [0.15, 0.2) is 0 Å². The molecule has 60 heavy (non-hydrogen) atoms. The van der Waals surface area contributed by atoms with Crippen molar-refractivity contribution in [2.24, 2.45) is 80.8 Å². The van der Waals surface area contributed by atoms with E-state index in [2.05, 4.69) is 83.1 Å².